The first kappa shape index (κ1) is 36.6. The van der Waals surface area contributed by atoms with Gasteiger partial charge in [0.25, 0.3) is 5.97 Å². The van der Waals surface area contributed by atoms with Gasteiger partial charge in [-0.2, -0.15) is 0 Å². The molecule has 4 amide bonds. The fourth-order valence-electron chi connectivity index (χ4n) is 3.21. The predicted octanol–water partition coefficient (Wildman–Crippen LogP) is -0.391. The van der Waals surface area contributed by atoms with Crippen molar-refractivity contribution in [1.29, 1.82) is 0 Å². The van der Waals surface area contributed by atoms with Gasteiger partial charge in [0.05, 0.1) is 13.0 Å². The maximum Gasteiger partial charge on any atom is 0.433 e. The number of carbonyl (C=O) groups is 5. The molecule has 1 saturated heterocycles. The van der Waals surface area contributed by atoms with Crippen molar-refractivity contribution < 1.29 is 44.1 Å². The molecule has 0 aromatic heterocycles. The number of rotatable bonds is 12. The predicted molar refractivity (Wildman–Crippen MR) is 150 cm³/mol. The Morgan fingerprint density at radius 1 is 1.15 bits per heavy atom. The van der Waals surface area contributed by atoms with Crippen LogP contribution in [-0.4, -0.2) is 104 Å². The van der Waals surface area contributed by atoms with Crippen LogP contribution in [0.4, 0.5) is 15.3 Å². The summed E-state index contributed by atoms with van der Waals surface area (Å²) in [6, 6.07) is 5.49. The van der Waals surface area contributed by atoms with Gasteiger partial charge < -0.3 is 46.8 Å². The number of ether oxygens (including phenoxy) is 1. The molecule has 1 heterocycles. The molecule has 1 aromatic carbocycles. The first-order valence-corrected chi connectivity index (χ1v) is 12.7. The molecule has 1 aliphatic heterocycles. The summed E-state index contributed by atoms with van der Waals surface area (Å²) in [6.45, 7) is 4.93. The molecule has 0 aliphatic carbocycles. The van der Waals surface area contributed by atoms with Crippen molar-refractivity contribution >= 4 is 41.5 Å². The number of carbonyl (C=O) groups excluding carboxylic acids is 4. The van der Waals surface area contributed by atoms with Crippen LogP contribution >= 0.6 is 0 Å². The lowest BCUT2D eigenvalue weighted by atomic mass is 10.2. The number of likely N-dealkylation sites (N-methyl/N-ethyl adjacent to an activating group) is 1. The Bertz CT molecular complexity index is 1030. The third-order valence-electron chi connectivity index (χ3n) is 5.12. The van der Waals surface area contributed by atoms with Crippen LogP contribution in [0.15, 0.2) is 29.4 Å². The van der Waals surface area contributed by atoms with E-state index in [2.05, 4.69) is 21.1 Å². The Balaban J connectivity index is 0.00000299. The number of carboxylic acids is 1. The summed E-state index contributed by atoms with van der Waals surface area (Å²) >= 11 is 0. The van der Waals surface area contributed by atoms with Crippen LogP contribution in [0.1, 0.15) is 38.7 Å². The standard InChI is InChI=1S/C23H35N7O6.C2H4O2.H2O/c1-4-15-35-19(31)9-11-25-22(33)27-18-10-13-30(21(18)32)17-7-5-16(6-8-17)20(24)28-36-23(34)26-12-14-29(2)3;1-2(3)4;/h5-8,18H,4,9-15H2,1-3H3,(H2,24,28)(H,26,34)(H2,25,27,33);1H3,(H,3,4);1H2/t18-;;/m0../s1. The van der Waals surface area contributed by atoms with Crippen LogP contribution in [0, 0.1) is 0 Å². The maximum absolute atomic E-state index is 12.8. The van der Waals surface area contributed by atoms with Crippen LogP contribution in [0.3, 0.4) is 0 Å². The van der Waals surface area contributed by atoms with E-state index in [0.29, 0.717) is 43.9 Å². The van der Waals surface area contributed by atoms with Gasteiger partial charge in [0.15, 0.2) is 5.84 Å². The number of oxime groups is 1. The minimum Gasteiger partial charge on any atom is -0.481 e. The summed E-state index contributed by atoms with van der Waals surface area (Å²) in [5.74, 6) is -1.46. The lowest BCUT2D eigenvalue weighted by molar-refractivity contribution is -0.143. The van der Waals surface area contributed by atoms with E-state index in [1.165, 1.54) is 0 Å². The van der Waals surface area contributed by atoms with E-state index in [0.717, 1.165) is 13.3 Å². The summed E-state index contributed by atoms with van der Waals surface area (Å²) < 4.78 is 4.94. The van der Waals surface area contributed by atoms with E-state index in [1.807, 2.05) is 25.9 Å². The van der Waals surface area contributed by atoms with E-state index in [1.54, 1.807) is 29.2 Å². The number of hydrogen-bond acceptors (Lipinski definition) is 9. The molecule has 0 saturated carbocycles. The number of urea groups is 1. The molecule has 0 unspecified atom stereocenters. The van der Waals surface area contributed by atoms with Crippen molar-refractivity contribution in [3.63, 3.8) is 0 Å². The fraction of sp³-hybridized carbons (Fsp3) is 0.520. The van der Waals surface area contributed by atoms with Gasteiger partial charge in [0, 0.05) is 44.4 Å². The number of nitrogens with one attached hydrogen (secondary N) is 3. The summed E-state index contributed by atoms with van der Waals surface area (Å²) in [7, 11) is 3.76. The molecule has 1 fully saturated rings. The van der Waals surface area contributed by atoms with Crippen molar-refractivity contribution in [3.8, 4) is 0 Å². The van der Waals surface area contributed by atoms with Gasteiger partial charge in [0.2, 0.25) is 5.91 Å². The second kappa shape index (κ2) is 19.6. The third kappa shape index (κ3) is 15.1. The Kier molecular flexibility index (Phi) is 17.5. The molecule has 16 heteroatoms. The summed E-state index contributed by atoms with van der Waals surface area (Å²) in [5.41, 5.74) is 7.02. The van der Waals surface area contributed by atoms with E-state index in [9.17, 15) is 19.2 Å². The molecule has 1 aromatic rings. The van der Waals surface area contributed by atoms with Gasteiger partial charge in [-0.25, -0.2) is 9.59 Å². The zero-order chi connectivity index (χ0) is 30.1. The summed E-state index contributed by atoms with van der Waals surface area (Å²) in [4.78, 5) is 65.2. The Morgan fingerprint density at radius 2 is 1.78 bits per heavy atom. The Morgan fingerprint density at radius 3 is 2.37 bits per heavy atom. The van der Waals surface area contributed by atoms with Crippen LogP contribution in [0.25, 0.3) is 0 Å². The molecule has 8 N–H and O–H groups in total. The molecule has 41 heavy (non-hydrogen) atoms. The number of nitrogens with two attached hydrogens (primary N) is 1. The number of benzene rings is 1. The topological polar surface area (TPSA) is 236 Å². The lowest BCUT2D eigenvalue weighted by Gasteiger charge is -2.18. The largest absolute Gasteiger partial charge is 0.481 e. The number of amides is 4. The molecule has 0 radical (unpaired) electrons. The Hall–Kier alpha value is -4.44. The average Bonchev–Trinajstić information content (AvgIpc) is 3.25. The van der Waals surface area contributed by atoms with E-state index >= 15 is 0 Å². The van der Waals surface area contributed by atoms with Crippen LogP contribution in [-0.2, 0) is 24.0 Å². The molecule has 1 atom stereocenters. The van der Waals surface area contributed by atoms with Gasteiger partial charge in [-0.3, -0.25) is 19.2 Å². The van der Waals surface area contributed by atoms with Gasteiger partial charge in [0.1, 0.15) is 6.04 Å². The van der Waals surface area contributed by atoms with Crippen molar-refractivity contribution in [2.24, 2.45) is 10.9 Å². The highest BCUT2D eigenvalue weighted by atomic mass is 16.7. The minimum atomic E-state index is -0.833. The highest BCUT2D eigenvalue weighted by Gasteiger charge is 2.33. The zero-order valence-electron chi connectivity index (χ0n) is 23.8. The monoisotopic (exact) mass is 583 g/mol. The van der Waals surface area contributed by atoms with E-state index in [-0.39, 0.29) is 36.2 Å². The van der Waals surface area contributed by atoms with E-state index in [4.69, 9.17) is 25.2 Å². The first-order chi connectivity index (χ1) is 18.9. The normalized spacial score (nSPS) is 14.3. The van der Waals surface area contributed by atoms with Gasteiger partial charge in [-0.1, -0.05) is 12.1 Å². The first-order valence-electron chi connectivity index (χ1n) is 12.7. The van der Waals surface area contributed by atoms with Crippen LogP contribution in [0.5, 0.6) is 0 Å². The number of amidine groups is 1. The van der Waals surface area contributed by atoms with Gasteiger partial charge in [-0.15, -0.1) is 0 Å². The van der Waals surface area contributed by atoms with Gasteiger partial charge in [-0.05, 0) is 51.2 Å². The maximum atomic E-state index is 12.8. The second-order valence-corrected chi connectivity index (χ2v) is 8.85. The molecular weight excluding hydrogens is 542 g/mol. The summed E-state index contributed by atoms with van der Waals surface area (Å²) in [5, 5.41) is 18.8. The second-order valence-electron chi connectivity index (χ2n) is 8.85. The smallest absolute Gasteiger partial charge is 0.433 e. The van der Waals surface area contributed by atoms with Crippen LogP contribution in [0.2, 0.25) is 0 Å². The van der Waals surface area contributed by atoms with Crippen molar-refractivity contribution in [2.45, 2.75) is 39.2 Å². The molecule has 16 nitrogen and oxygen atoms in total. The number of anilines is 1. The summed E-state index contributed by atoms with van der Waals surface area (Å²) in [6.07, 6.45) is 0.516. The number of carboxylic acid groups (broad SMARTS) is 1. The van der Waals surface area contributed by atoms with Crippen LogP contribution < -0.4 is 26.6 Å². The van der Waals surface area contributed by atoms with E-state index < -0.39 is 24.1 Å². The highest BCUT2D eigenvalue weighted by Crippen LogP contribution is 2.22. The molecule has 230 valence electrons. The number of hydrogen-bond donors (Lipinski definition) is 5. The molecule has 0 spiro atoms. The van der Waals surface area contributed by atoms with Crippen molar-refractivity contribution in [1.82, 2.24) is 20.9 Å². The lowest BCUT2D eigenvalue weighted by Crippen LogP contribution is -2.46. The molecule has 0 bridgehead atoms. The average molecular weight is 584 g/mol. The molecular formula is C25H41N7O9. The highest BCUT2D eigenvalue weighted by molar-refractivity contribution is 6.02. The van der Waals surface area contributed by atoms with Crippen molar-refractivity contribution in [3.05, 3.63) is 29.8 Å². The quantitative estimate of drug-likeness (QED) is 0.0702. The van der Waals surface area contributed by atoms with Crippen molar-refractivity contribution in [2.75, 3.05) is 51.8 Å². The fourth-order valence-corrected chi connectivity index (χ4v) is 3.21. The molecule has 1 aliphatic rings. The number of aliphatic carboxylic acids is 1. The minimum absolute atomic E-state index is 0. The molecule has 2 rings (SSSR count). The zero-order valence-corrected chi connectivity index (χ0v) is 23.8. The number of nitrogens with zero attached hydrogens (tertiary/aromatic N) is 3. The van der Waals surface area contributed by atoms with Gasteiger partial charge >= 0.3 is 18.1 Å². The third-order valence-corrected chi connectivity index (χ3v) is 5.12. The number of esters is 1. The Labute approximate surface area is 238 Å². The SMILES string of the molecule is CC(=O)O.CCCOC(=O)CCNC(=O)N[C@H]1CCN(c2ccc(C(N)=NOC(=O)NCCN(C)C)cc2)C1=O.O.